The molecule has 2 atom stereocenters. The molecular formula is C14H26O2Si. The standard InChI is InChI=1S/C14H26O2Si/c1-17(2,3)16-11-14-10-5-4-7-12(14)8-6-9-13(14)15/h12H,4-11H2,1-3H3. The van der Waals surface area contributed by atoms with Gasteiger partial charge in [0.15, 0.2) is 8.32 Å². The second-order valence-corrected chi connectivity index (χ2v) is 11.3. The number of ketones is 1. The maximum Gasteiger partial charge on any atom is 0.183 e. The Bertz CT molecular complexity index is 293. The van der Waals surface area contributed by atoms with Gasteiger partial charge in [0.05, 0.1) is 5.41 Å². The van der Waals surface area contributed by atoms with E-state index < -0.39 is 8.32 Å². The van der Waals surface area contributed by atoms with E-state index in [1.807, 2.05) is 0 Å². The predicted octanol–water partition coefficient (Wildman–Crippen LogP) is 3.77. The molecule has 2 aliphatic rings. The summed E-state index contributed by atoms with van der Waals surface area (Å²) in [7, 11) is -1.50. The SMILES string of the molecule is C[Si](C)(C)OCC12CCCCC1CCCC2=O. The summed E-state index contributed by atoms with van der Waals surface area (Å²) in [6, 6.07) is 0. The lowest BCUT2D eigenvalue weighted by Gasteiger charge is -2.46. The number of hydrogen-bond donors (Lipinski definition) is 0. The maximum absolute atomic E-state index is 12.4. The summed E-state index contributed by atoms with van der Waals surface area (Å²) in [6.45, 7) is 7.37. The molecule has 0 aromatic carbocycles. The van der Waals surface area contributed by atoms with Crippen LogP contribution in [-0.4, -0.2) is 20.7 Å². The van der Waals surface area contributed by atoms with Crippen molar-refractivity contribution < 1.29 is 9.22 Å². The van der Waals surface area contributed by atoms with Crippen molar-refractivity contribution in [3.8, 4) is 0 Å². The summed E-state index contributed by atoms with van der Waals surface area (Å²) in [5.74, 6) is 1.13. The van der Waals surface area contributed by atoms with Crippen LogP contribution in [0, 0.1) is 11.3 Å². The van der Waals surface area contributed by atoms with Gasteiger partial charge in [0.25, 0.3) is 0 Å². The van der Waals surface area contributed by atoms with Crippen LogP contribution in [0.25, 0.3) is 0 Å². The molecule has 0 saturated heterocycles. The molecule has 98 valence electrons. The van der Waals surface area contributed by atoms with Crippen LogP contribution >= 0.6 is 0 Å². The zero-order valence-corrected chi connectivity index (χ0v) is 12.6. The van der Waals surface area contributed by atoms with E-state index in [2.05, 4.69) is 19.6 Å². The largest absolute Gasteiger partial charge is 0.417 e. The monoisotopic (exact) mass is 254 g/mol. The molecule has 0 aliphatic heterocycles. The summed E-state index contributed by atoms with van der Waals surface area (Å²) in [5, 5.41) is 0. The molecule has 2 rings (SSSR count). The molecular weight excluding hydrogens is 228 g/mol. The topological polar surface area (TPSA) is 26.3 Å². The van der Waals surface area contributed by atoms with Gasteiger partial charge in [0, 0.05) is 13.0 Å². The van der Waals surface area contributed by atoms with Crippen molar-refractivity contribution in [2.45, 2.75) is 64.6 Å². The highest BCUT2D eigenvalue weighted by Gasteiger charge is 2.48. The number of fused-ring (bicyclic) bond motifs is 1. The Balaban J connectivity index is 2.12. The van der Waals surface area contributed by atoms with Gasteiger partial charge >= 0.3 is 0 Å². The molecule has 0 bridgehead atoms. The fraction of sp³-hybridized carbons (Fsp3) is 0.929. The molecule has 0 aromatic rings. The molecule has 0 aromatic heterocycles. The minimum atomic E-state index is -1.50. The molecule has 2 saturated carbocycles. The van der Waals surface area contributed by atoms with Crippen LogP contribution in [0.5, 0.6) is 0 Å². The van der Waals surface area contributed by atoms with Gasteiger partial charge in [-0.25, -0.2) is 0 Å². The molecule has 0 spiro atoms. The summed E-state index contributed by atoms with van der Waals surface area (Å²) in [5.41, 5.74) is -0.0865. The van der Waals surface area contributed by atoms with Crippen LogP contribution in [0.3, 0.4) is 0 Å². The van der Waals surface area contributed by atoms with E-state index in [1.165, 1.54) is 25.7 Å². The predicted molar refractivity (Wildman–Crippen MR) is 72.5 cm³/mol. The van der Waals surface area contributed by atoms with E-state index in [0.29, 0.717) is 18.3 Å². The fourth-order valence-corrected chi connectivity index (χ4v) is 4.16. The van der Waals surface area contributed by atoms with Gasteiger partial charge in [0.1, 0.15) is 5.78 Å². The Kier molecular flexibility index (Phi) is 3.79. The summed E-state index contributed by atoms with van der Waals surface area (Å²) in [4.78, 5) is 12.4. The van der Waals surface area contributed by atoms with Crippen LogP contribution < -0.4 is 0 Å². The van der Waals surface area contributed by atoms with Gasteiger partial charge in [-0.3, -0.25) is 4.79 Å². The summed E-state index contributed by atoms with van der Waals surface area (Å²) >= 11 is 0. The fourth-order valence-electron chi connectivity index (χ4n) is 3.47. The van der Waals surface area contributed by atoms with E-state index in [0.717, 1.165) is 19.3 Å². The molecule has 2 fully saturated rings. The van der Waals surface area contributed by atoms with Crippen molar-refractivity contribution in [2.24, 2.45) is 11.3 Å². The van der Waals surface area contributed by atoms with Gasteiger partial charge in [-0.15, -0.1) is 0 Å². The van der Waals surface area contributed by atoms with Crippen LogP contribution in [0.2, 0.25) is 19.6 Å². The first-order valence-electron chi connectivity index (χ1n) is 7.11. The Morgan fingerprint density at radius 3 is 2.65 bits per heavy atom. The van der Waals surface area contributed by atoms with Crippen LogP contribution in [-0.2, 0) is 9.22 Å². The van der Waals surface area contributed by atoms with E-state index in [-0.39, 0.29) is 5.41 Å². The highest BCUT2D eigenvalue weighted by molar-refractivity contribution is 6.69. The van der Waals surface area contributed by atoms with E-state index in [9.17, 15) is 4.79 Å². The van der Waals surface area contributed by atoms with E-state index in [1.54, 1.807) is 0 Å². The average molecular weight is 254 g/mol. The van der Waals surface area contributed by atoms with Crippen molar-refractivity contribution in [1.29, 1.82) is 0 Å². The third-order valence-corrected chi connectivity index (χ3v) is 5.49. The smallest absolute Gasteiger partial charge is 0.183 e. The van der Waals surface area contributed by atoms with Crippen molar-refractivity contribution in [2.75, 3.05) is 6.61 Å². The molecule has 0 radical (unpaired) electrons. The molecule has 2 nitrogen and oxygen atoms in total. The molecule has 3 heteroatoms. The van der Waals surface area contributed by atoms with Crippen molar-refractivity contribution in [3.05, 3.63) is 0 Å². The zero-order valence-electron chi connectivity index (χ0n) is 11.6. The average Bonchev–Trinajstić information content (AvgIpc) is 2.27. The van der Waals surface area contributed by atoms with Gasteiger partial charge in [-0.05, 0) is 51.2 Å². The van der Waals surface area contributed by atoms with Crippen molar-refractivity contribution >= 4 is 14.1 Å². The molecule has 2 unspecified atom stereocenters. The molecule has 2 aliphatic carbocycles. The van der Waals surface area contributed by atoms with Crippen LogP contribution in [0.1, 0.15) is 44.9 Å². The normalized spacial score (nSPS) is 34.5. The minimum absolute atomic E-state index is 0.0865. The lowest BCUT2D eigenvalue weighted by molar-refractivity contribution is -0.141. The summed E-state index contributed by atoms with van der Waals surface area (Å²) in [6.07, 6.45) is 8.02. The van der Waals surface area contributed by atoms with Crippen molar-refractivity contribution in [1.82, 2.24) is 0 Å². The van der Waals surface area contributed by atoms with E-state index in [4.69, 9.17) is 4.43 Å². The Hall–Kier alpha value is -0.153. The number of carbonyl (C=O) groups is 1. The number of carbonyl (C=O) groups excluding carboxylic acids is 1. The highest BCUT2D eigenvalue weighted by atomic mass is 28.4. The molecule has 0 amide bonds. The lowest BCUT2D eigenvalue weighted by Crippen LogP contribution is -2.49. The second kappa shape index (κ2) is 4.85. The maximum atomic E-state index is 12.4. The minimum Gasteiger partial charge on any atom is -0.417 e. The second-order valence-electron chi connectivity index (χ2n) is 6.82. The third-order valence-electron chi connectivity index (χ3n) is 4.48. The zero-order chi connectivity index (χ0) is 12.5. The first-order valence-corrected chi connectivity index (χ1v) is 10.5. The highest BCUT2D eigenvalue weighted by Crippen LogP contribution is 2.48. The van der Waals surface area contributed by atoms with E-state index >= 15 is 0 Å². The Morgan fingerprint density at radius 2 is 1.94 bits per heavy atom. The Labute approximate surface area is 106 Å². The number of rotatable bonds is 3. The molecule has 17 heavy (non-hydrogen) atoms. The van der Waals surface area contributed by atoms with Crippen LogP contribution in [0.15, 0.2) is 0 Å². The number of hydrogen-bond acceptors (Lipinski definition) is 2. The summed E-state index contributed by atoms with van der Waals surface area (Å²) < 4.78 is 6.12. The van der Waals surface area contributed by atoms with Crippen molar-refractivity contribution in [3.63, 3.8) is 0 Å². The van der Waals surface area contributed by atoms with Crippen LogP contribution in [0.4, 0.5) is 0 Å². The quantitative estimate of drug-likeness (QED) is 0.717. The van der Waals surface area contributed by atoms with Gasteiger partial charge < -0.3 is 4.43 Å². The first-order chi connectivity index (χ1) is 7.94. The third kappa shape index (κ3) is 2.82. The van der Waals surface area contributed by atoms with Gasteiger partial charge in [0.2, 0.25) is 0 Å². The van der Waals surface area contributed by atoms with Gasteiger partial charge in [-0.1, -0.05) is 12.8 Å². The number of Topliss-reactive ketones (excluding diaryl/α,β-unsaturated/α-hetero) is 1. The first kappa shape index (κ1) is 13.3. The lowest BCUT2D eigenvalue weighted by atomic mass is 9.59. The van der Waals surface area contributed by atoms with Gasteiger partial charge in [-0.2, -0.15) is 0 Å². The molecule has 0 N–H and O–H groups in total. The Morgan fingerprint density at radius 1 is 1.24 bits per heavy atom. The molecule has 0 heterocycles.